The third-order valence-electron chi connectivity index (χ3n) is 3.23. The van der Waals surface area contributed by atoms with Crippen LogP contribution in [0.3, 0.4) is 0 Å². The Balaban J connectivity index is 3.02. The second kappa shape index (κ2) is 4.98. The monoisotopic (exact) mass is 359 g/mol. The molecule has 0 atom stereocenters. The second-order valence-electron chi connectivity index (χ2n) is 5.62. The molecule has 1 aromatic rings. The molecule has 0 N–H and O–H groups in total. The predicted octanol–water partition coefficient (Wildman–Crippen LogP) is 4.55. The summed E-state index contributed by atoms with van der Waals surface area (Å²) in [5.74, 6) is 0.899. The lowest BCUT2D eigenvalue weighted by Gasteiger charge is -2.36. The third-order valence-corrected chi connectivity index (χ3v) is 8.42. The number of hydrogen-bond acceptors (Lipinski definition) is 2. The Hall–Kier alpha value is -0.543. The molecule has 0 amide bonds. The molecule has 0 unspecified atom stereocenters. The normalized spacial score (nSPS) is 12.1. The van der Waals surface area contributed by atoms with Gasteiger partial charge in [-0.3, -0.25) is 0 Å². The lowest BCUT2D eigenvalue weighted by atomic mass is 10.2. The van der Waals surface area contributed by atoms with E-state index in [0.717, 1.165) is 9.32 Å². The lowest BCUT2D eigenvalue weighted by Crippen LogP contribution is -2.44. The average molecular weight is 359 g/mol. The first-order chi connectivity index (χ1) is 7.67. The Morgan fingerprint density at radius 1 is 1.29 bits per heavy atom. The molecule has 2 nitrogen and oxygen atoms in total. The molecule has 0 spiro atoms. The molecule has 0 aliphatic heterocycles. The van der Waals surface area contributed by atoms with Crippen LogP contribution in [0.5, 0.6) is 5.75 Å². The van der Waals surface area contributed by atoms with Crippen molar-refractivity contribution >= 4 is 30.9 Å². The molecule has 0 radical (unpaired) electrons. The van der Waals surface area contributed by atoms with Gasteiger partial charge in [-0.15, -0.1) is 0 Å². The van der Waals surface area contributed by atoms with Gasteiger partial charge in [0.2, 0.25) is 0 Å². The van der Waals surface area contributed by atoms with E-state index < -0.39 is 8.32 Å². The summed E-state index contributed by atoms with van der Waals surface area (Å²) in [5.41, 5.74) is 0.678. The molecule has 0 heterocycles. The highest BCUT2D eigenvalue weighted by Gasteiger charge is 2.39. The van der Waals surface area contributed by atoms with Crippen molar-refractivity contribution in [2.45, 2.75) is 38.9 Å². The fourth-order valence-corrected chi connectivity index (χ4v) is 2.95. The standard InChI is InChI=1S/C13H18INOSi/c1-13(2,3)17(4,5)16-12-7-6-10(9-15)8-11(12)14/h6-8H,1-5H3. The van der Waals surface area contributed by atoms with Gasteiger partial charge in [-0.2, -0.15) is 5.26 Å². The molecule has 0 saturated carbocycles. The van der Waals surface area contributed by atoms with Gasteiger partial charge < -0.3 is 4.43 Å². The molecular weight excluding hydrogens is 341 g/mol. The highest BCUT2D eigenvalue weighted by Crippen LogP contribution is 2.38. The Kier molecular flexibility index (Phi) is 4.26. The van der Waals surface area contributed by atoms with E-state index in [2.05, 4.69) is 62.5 Å². The summed E-state index contributed by atoms with van der Waals surface area (Å²) in [5, 5.41) is 9.01. The summed E-state index contributed by atoms with van der Waals surface area (Å²) >= 11 is 2.22. The third kappa shape index (κ3) is 3.46. The van der Waals surface area contributed by atoms with Crippen molar-refractivity contribution in [2.24, 2.45) is 0 Å². The van der Waals surface area contributed by atoms with Gasteiger partial charge in [0, 0.05) is 0 Å². The molecule has 0 aliphatic carbocycles. The molecule has 4 heteroatoms. The van der Waals surface area contributed by atoms with Crippen molar-refractivity contribution in [1.82, 2.24) is 0 Å². The van der Waals surface area contributed by atoms with E-state index in [4.69, 9.17) is 9.69 Å². The van der Waals surface area contributed by atoms with Gasteiger partial charge in [0.15, 0.2) is 0 Å². The molecule has 92 valence electrons. The van der Waals surface area contributed by atoms with Crippen LogP contribution < -0.4 is 4.43 Å². The molecule has 0 fully saturated rings. The molecule has 1 aromatic carbocycles. The fourth-order valence-electron chi connectivity index (χ4n) is 1.08. The number of hydrogen-bond donors (Lipinski definition) is 0. The molecule has 0 aliphatic rings. The topological polar surface area (TPSA) is 33.0 Å². The van der Waals surface area contributed by atoms with E-state index in [1.807, 2.05) is 18.2 Å². The summed E-state index contributed by atoms with van der Waals surface area (Å²) in [7, 11) is -1.79. The van der Waals surface area contributed by atoms with Crippen LogP contribution in [-0.4, -0.2) is 8.32 Å². The SMILES string of the molecule is CC(C)(C)[Si](C)(C)Oc1ccc(C#N)cc1I. The van der Waals surface area contributed by atoms with Crippen LogP contribution in [0.15, 0.2) is 18.2 Å². The zero-order valence-electron chi connectivity index (χ0n) is 11.0. The van der Waals surface area contributed by atoms with Crippen LogP contribution in [0.2, 0.25) is 18.1 Å². The van der Waals surface area contributed by atoms with Gasteiger partial charge in [0.1, 0.15) is 5.75 Å². The zero-order chi connectivity index (χ0) is 13.3. The van der Waals surface area contributed by atoms with Crippen LogP contribution in [0, 0.1) is 14.9 Å². The fraction of sp³-hybridized carbons (Fsp3) is 0.462. The Labute approximate surface area is 118 Å². The predicted molar refractivity (Wildman–Crippen MR) is 81.7 cm³/mol. The maximum Gasteiger partial charge on any atom is 0.250 e. The summed E-state index contributed by atoms with van der Waals surface area (Å²) in [6.07, 6.45) is 0. The van der Waals surface area contributed by atoms with Crippen LogP contribution in [0.1, 0.15) is 26.3 Å². The van der Waals surface area contributed by atoms with E-state index in [0.29, 0.717) is 5.56 Å². The van der Waals surface area contributed by atoms with E-state index in [-0.39, 0.29) is 5.04 Å². The second-order valence-corrected chi connectivity index (χ2v) is 11.5. The maximum absolute atomic E-state index is 8.83. The summed E-state index contributed by atoms with van der Waals surface area (Å²) in [4.78, 5) is 0. The van der Waals surface area contributed by atoms with Crippen molar-refractivity contribution in [1.29, 1.82) is 5.26 Å². The molecule has 0 aromatic heterocycles. The number of nitrogens with zero attached hydrogens (tertiary/aromatic N) is 1. The summed E-state index contributed by atoms with van der Waals surface area (Å²) in [6, 6.07) is 7.72. The first kappa shape index (κ1) is 14.5. The maximum atomic E-state index is 8.83. The average Bonchev–Trinajstić information content (AvgIpc) is 2.19. The van der Waals surface area contributed by atoms with Crippen LogP contribution in [0.4, 0.5) is 0 Å². The van der Waals surface area contributed by atoms with Crippen LogP contribution in [0.25, 0.3) is 0 Å². The summed E-state index contributed by atoms with van der Waals surface area (Å²) in [6.45, 7) is 11.1. The number of benzene rings is 1. The number of rotatable bonds is 2. The van der Waals surface area contributed by atoms with Gasteiger partial charge >= 0.3 is 0 Å². The van der Waals surface area contributed by atoms with Gasteiger partial charge in [-0.05, 0) is 58.9 Å². The quantitative estimate of drug-likeness (QED) is 0.573. The van der Waals surface area contributed by atoms with Gasteiger partial charge in [-0.25, -0.2) is 0 Å². The van der Waals surface area contributed by atoms with E-state index in [1.54, 1.807) is 0 Å². The molecule has 0 bridgehead atoms. The minimum atomic E-state index is -1.79. The smallest absolute Gasteiger partial charge is 0.250 e. The van der Waals surface area contributed by atoms with E-state index in [9.17, 15) is 0 Å². The van der Waals surface area contributed by atoms with Gasteiger partial charge in [-0.1, -0.05) is 20.8 Å². The number of nitriles is 1. The molecule has 1 rings (SSSR count). The largest absolute Gasteiger partial charge is 0.543 e. The molecule has 17 heavy (non-hydrogen) atoms. The lowest BCUT2D eigenvalue weighted by molar-refractivity contribution is 0.489. The van der Waals surface area contributed by atoms with Crippen LogP contribution in [-0.2, 0) is 0 Å². The Bertz CT molecular complexity index is 457. The minimum Gasteiger partial charge on any atom is -0.543 e. The molecule has 0 saturated heterocycles. The van der Waals surface area contributed by atoms with Crippen molar-refractivity contribution in [3.8, 4) is 11.8 Å². The first-order valence-corrected chi connectivity index (χ1v) is 9.55. The number of halogens is 1. The minimum absolute atomic E-state index is 0.185. The Morgan fingerprint density at radius 2 is 1.88 bits per heavy atom. The first-order valence-electron chi connectivity index (χ1n) is 5.56. The van der Waals surface area contributed by atoms with Crippen molar-refractivity contribution in [2.75, 3.05) is 0 Å². The highest BCUT2D eigenvalue weighted by molar-refractivity contribution is 14.1. The van der Waals surface area contributed by atoms with Crippen molar-refractivity contribution in [3.05, 3.63) is 27.3 Å². The van der Waals surface area contributed by atoms with Crippen molar-refractivity contribution < 1.29 is 4.43 Å². The summed E-state index contributed by atoms with van der Waals surface area (Å²) < 4.78 is 7.22. The van der Waals surface area contributed by atoms with Gasteiger partial charge in [0.25, 0.3) is 8.32 Å². The van der Waals surface area contributed by atoms with Gasteiger partial charge in [0.05, 0.1) is 15.2 Å². The van der Waals surface area contributed by atoms with Crippen molar-refractivity contribution in [3.63, 3.8) is 0 Å². The molecular formula is C13H18INOSi. The highest BCUT2D eigenvalue weighted by atomic mass is 127. The Morgan fingerprint density at radius 3 is 2.29 bits per heavy atom. The zero-order valence-corrected chi connectivity index (χ0v) is 14.1. The van der Waals surface area contributed by atoms with E-state index in [1.165, 1.54) is 0 Å². The van der Waals surface area contributed by atoms with E-state index >= 15 is 0 Å². The van der Waals surface area contributed by atoms with Crippen LogP contribution >= 0.6 is 22.6 Å².